The van der Waals surface area contributed by atoms with Crippen LogP contribution in [0.25, 0.3) is 0 Å². The van der Waals surface area contributed by atoms with Gasteiger partial charge in [0.25, 0.3) is 0 Å². The molecule has 0 spiro atoms. The summed E-state index contributed by atoms with van der Waals surface area (Å²) in [6.45, 7) is 2.31. The molecule has 1 unspecified atom stereocenters. The summed E-state index contributed by atoms with van der Waals surface area (Å²) >= 11 is 0. The zero-order valence-corrected chi connectivity index (χ0v) is 13.7. The molecule has 0 N–H and O–H groups in total. The van der Waals surface area contributed by atoms with Crippen molar-refractivity contribution in [1.29, 1.82) is 0 Å². The van der Waals surface area contributed by atoms with Gasteiger partial charge in [0.05, 0.1) is 12.7 Å². The van der Waals surface area contributed by atoms with Gasteiger partial charge in [0, 0.05) is 12.1 Å². The number of esters is 1. The van der Waals surface area contributed by atoms with Crippen LogP contribution in [0.5, 0.6) is 0 Å². The minimum atomic E-state index is -0.0696. The van der Waals surface area contributed by atoms with Crippen LogP contribution in [0.1, 0.15) is 58.3 Å². The largest absolute Gasteiger partial charge is 0.466 e. The molecule has 0 aromatic rings. The van der Waals surface area contributed by atoms with E-state index < -0.39 is 0 Å². The Kier molecular flexibility index (Phi) is 4.39. The molecule has 0 radical (unpaired) electrons. The summed E-state index contributed by atoms with van der Waals surface area (Å²) in [5, 5.41) is 0. The van der Waals surface area contributed by atoms with Crippen LogP contribution >= 0.6 is 0 Å². The maximum atomic E-state index is 12.4. The van der Waals surface area contributed by atoms with Crippen molar-refractivity contribution < 1.29 is 9.53 Å². The molecular weight excluding hydrogens is 262 g/mol. The van der Waals surface area contributed by atoms with Gasteiger partial charge in [0.15, 0.2) is 0 Å². The number of carbonyl (C=O) groups is 1. The van der Waals surface area contributed by atoms with Crippen molar-refractivity contribution in [3.05, 3.63) is 11.1 Å². The summed E-state index contributed by atoms with van der Waals surface area (Å²) in [5.41, 5.74) is 2.48. The third-order valence-corrected chi connectivity index (χ3v) is 6.30. The molecule has 1 saturated carbocycles. The second kappa shape index (κ2) is 6.12. The first kappa shape index (κ1) is 15.1. The maximum Gasteiger partial charge on any atom is 0.335 e. The van der Waals surface area contributed by atoms with Gasteiger partial charge in [-0.2, -0.15) is 0 Å². The average molecular weight is 291 g/mol. The molecule has 2 heterocycles. The van der Waals surface area contributed by atoms with Gasteiger partial charge in [-0.15, -0.1) is 0 Å². The number of rotatable bonds is 3. The quantitative estimate of drug-likeness (QED) is 0.745. The van der Waals surface area contributed by atoms with Crippen molar-refractivity contribution in [2.24, 2.45) is 11.8 Å². The molecule has 0 aromatic heterocycles. The van der Waals surface area contributed by atoms with E-state index in [4.69, 9.17) is 4.74 Å². The van der Waals surface area contributed by atoms with Crippen molar-refractivity contribution in [3.8, 4) is 0 Å². The van der Waals surface area contributed by atoms with E-state index in [1.165, 1.54) is 51.2 Å². The molecule has 2 aliphatic heterocycles. The molecule has 3 rings (SSSR count). The average Bonchev–Trinajstić information content (AvgIpc) is 2.76. The number of likely N-dealkylation sites (N-methyl/N-ethyl adjacent to an activating group) is 1. The van der Waals surface area contributed by atoms with Crippen molar-refractivity contribution in [2.75, 3.05) is 14.2 Å². The predicted octanol–water partition coefficient (Wildman–Crippen LogP) is 3.54. The summed E-state index contributed by atoms with van der Waals surface area (Å²) in [5.74, 6) is 1.48. The Hall–Kier alpha value is -0.830. The highest BCUT2D eigenvalue weighted by Crippen LogP contribution is 2.45. The van der Waals surface area contributed by atoms with Crippen LogP contribution < -0.4 is 0 Å². The number of ether oxygens (including phenoxy) is 1. The summed E-state index contributed by atoms with van der Waals surface area (Å²) in [6.07, 6.45) is 9.99. The second-order valence-corrected chi connectivity index (χ2v) is 7.17. The second-order valence-electron chi connectivity index (χ2n) is 7.17. The molecule has 2 atom stereocenters. The van der Waals surface area contributed by atoms with Crippen LogP contribution in [-0.2, 0) is 9.53 Å². The fourth-order valence-corrected chi connectivity index (χ4v) is 4.87. The number of fused-ring (bicyclic) bond motifs is 2. The Bertz CT molecular complexity index is 434. The zero-order chi connectivity index (χ0) is 15.0. The molecular formula is C18H29NO2. The molecule has 3 nitrogen and oxygen atoms in total. The maximum absolute atomic E-state index is 12.4. The first-order valence-corrected chi connectivity index (χ1v) is 8.68. The molecule has 3 aliphatic rings. The van der Waals surface area contributed by atoms with Gasteiger partial charge in [0.2, 0.25) is 0 Å². The lowest BCUT2D eigenvalue weighted by molar-refractivity contribution is -0.137. The van der Waals surface area contributed by atoms with Gasteiger partial charge in [0.1, 0.15) is 0 Å². The van der Waals surface area contributed by atoms with Gasteiger partial charge in [-0.25, -0.2) is 4.79 Å². The highest BCUT2D eigenvalue weighted by Gasteiger charge is 2.43. The Labute approximate surface area is 128 Å². The molecule has 2 bridgehead atoms. The Morgan fingerprint density at radius 3 is 2.52 bits per heavy atom. The Morgan fingerprint density at radius 2 is 1.90 bits per heavy atom. The Morgan fingerprint density at radius 1 is 1.19 bits per heavy atom. The lowest BCUT2D eigenvalue weighted by Crippen LogP contribution is -2.42. The molecule has 2 fully saturated rings. The summed E-state index contributed by atoms with van der Waals surface area (Å²) in [7, 11) is 3.71. The lowest BCUT2D eigenvalue weighted by Gasteiger charge is -2.39. The molecule has 0 amide bonds. The third kappa shape index (κ3) is 2.65. The molecule has 3 heteroatoms. The number of carbonyl (C=O) groups excluding carboxylic acids is 1. The predicted molar refractivity (Wildman–Crippen MR) is 84.0 cm³/mol. The van der Waals surface area contributed by atoms with Gasteiger partial charge in [-0.05, 0) is 63.8 Å². The van der Waals surface area contributed by atoms with E-state index in [0.29, 0.717) is 18.0 Å². The lowest BCUT2D eigenvalue weighted by atomic mass is 9.73. The zero-order valence-electron chi connectivity index (χ0n) is 13.7. The smallest absolute Gasteiger partial charge is 0.335 e. The normalized spacial score (nSPS) is 36.9. The van der Waals surface area contributed by atoms with E-state index in [2.05, 4.69) is 18.9 Å². The first-order chi connectivity index (χ1) is 10.2. The number of nitrogens with zero attached hydrogens (tertiary/aromatic N) is 1. The van der Waals surface area contributed by atoms with Gasteiger partial charge >= 0.3 is 5.97 Å². The van der Waals surface area contributed by atoms with Crippen molar-refractivity contribution >= 4 is 5.97 Å². The summed E-state index contributed by atoms with van der Waals surface area (Å²) in [6, 6.07) is 0.970. The van der Waals surface area contributed by atoms with Crippen LogP contribution in [0, 0.1) is 11.8 Å². The van der Waals surface area contributed by atoms with Gasteiger partial charge < -0.3 is 4.74 Å². The van der Waals surface area contributed by atoms with Crippen molar-refractivity contribution in [3.63, 3.8) is 0 Å². The topological polar surface area (TPSA) is 29.5 Å². The first-order valence-electron chi connectivity index (χ1n) is 8.68. The molecule has 1 aliphatic carbocycles. The SMILES string of the molecule is CCC1CCC(C2=C(C(=O)OC)C3CC[C@H](C2)N3C)CC1. The standard InChI is InChI=1S/C18H29NO2/c1-4-12-5-7-13(8-6-12)15-11-14-9-10-16(19(14)2)17(15)18(20)21-3/h12-14,16H,4-11H2,1-3H3/t12?,13?,14-,16?/m1/s1. The van der Waals surface area contributed by atoms with E-state index in [9.17, 15) is 4.79 Å². The molecule has 21 heavy (non-hydrogen) atoms. The fraction of sp³-hybridized carbons (Fsp3) is 0.833. The Balaban J connectivity index is 1.86. The van der Waals surface area contributed by atoms with Crippen LogP contribution in [0.3, 0.4) is 0 Å². The van der Waals surface area contributed by atoms with Crippen LogP contribution in [0.4, 0.5) is 0 Å². The third-order valence-electron chi connectivity index (χ3n) is 6.30. The van der Waals surface area contributed by atoms with E-state index in [-0.39, 0.29) is 5.97 Å². The highest BCUT2D eigenvalue weighted by molar-refractivity contribution is 5.91. The fourth-order valence-electron chi connectivity index (χ4n) is 4.87. The number of methoxy groups -OCH3 is 1. The van der Waals surface area contributed by atoms with E-state index in [1.54, 1.807) is 0 Å². The highest BCUT2D eigenvalue weighted by atomic mass is 16.5. The monoisotopic (exact) mass is 291 g/mol. The van der Waals surface area contributed by atoms with Crippen LogP contribution in [0.15, 0.2) is 11.1 Å². The van der Waals surface area contributed by atoms with E-state index in [0.717, 1.165) is 24.3 Å². The van der Waals surface area contributed by atoms with Gasteiger partial charge in [-0.1, -0.05) is 18.9 Å². The van der Waals surface area contributed by atoms with Crippen molar-refractivity contribution in [2.45, 2.75) is 70.4 Å². The van der Waals surface area contributed by atoms with E-state index in [1.807, 2.05) is 0 Å². The van der Waals surface area contributed by atoms with E-state index >= 15 is 0 Å². The summed E-state index contributed by atoms with van der Waals surface area (Å²) < 4.78 is 5.13. The number of hydrogen-bond acceptors (Lipinski definition) is 3. The minimum absolute atomic E-state index is 0.0696. The number of hydrogen-bond donors (Lipinski definition) is 0. The molecule has 0 aromatic carbocycles. The van der Waals surface area contributed by atoms with Crippen molar-refractivity contribution in [1.82, 2.24) is 4.90 Å². The molecule has 118 valence electrons. The van der Waals surface area contributed by atoms with Crippen LogP contribution in [-0.4, -0.2) is 37.1 Å². The minimum Gasteiger partial charge on any atom is -0.466 e. The van der Waals surface area contributed by atoms with Gasteiger partial charge in [-0.3, -0.25) is 4.90 Å². The van der Waals surface area contributed by atoms with Crippen LogP contribution in [0.2, 0.25) is 0 Å². The summed E-state index contributed by atoms with van der Waals surface area (Å²) in [4.78, 5) is 14.8. The molecule has 1 saturated heterocycles.